The van der Waals surface area contributed by atoms with E-state index < -0.39 is 30.4 Å². The van der Waals surface area contributed by atoms with Crippen molar-refractivity contribution in [1.82, 2.24) is 15.0 Å². The van der Waals surface area contributed by atoms with Crippen LogP contribution in [-0.2, 0) is 25.5 Å². The van der Waals surface area contributed by atoms with Crippen molar-refractivity contribution in [3.05, 3.63) is 89.7 Å². The lowest BCUT2D eigenvalue weighted by molar-refractivity contribution is -0.119. The van der Waals surface area contributed by atoms with E-state index in [1.54, 1.807) is 25.4 Å². The molecule has 1 amide bonds. The van der Waals surface area contributed by atoms with Crippen molar-refractivity contribution < 1.29 is 28.6 Å². The van der Waals surface area contributed by atoms with Crippen molar-refractivity contribution >= 4 is 34.8 Å². The van der Waals surface area contributed by atoms with Gasteiger partial charge in [-0.2, -0.15) is 5.10 Å². The Bertz CT molecular complexity index is 1740. The fourth-order valence-electron chi connectivity index (χ4n) is 5.75. The first kappa shape index (κ1) is 25.9. The largest absolute Gasteiger partial charge is 0.509 e. The number of ether oxygens (including phenoxy) is 3. The van der Waals surface area contributed by atoms with Crippen molar-refractivity contribution in [2.45, 2.75) is 51.0 Å². The van der Waals surface area contributed by atoms with Gasteiger partial charge in [0.1, 0.15) is 12.2 Å². The van der Waals surface area contributed by atoms with Gasteiger partial charge in [0, 0.05) is 12.1 Å². The van der Waals surface area contributed by atoms with Gasteiger partial charge in [0.25, 0.3) is 0 Å². The van der Waals surface area contributed by atoms with E-state index in [-0.39, 0.29) is 18.2 Å². The molecule has 4 aromatic rings. The number of fused-ring (bicyclic) bond motifs is 1. The van der Waals surface area contributed by atoms with Gasteiger partial charge in [-0.15, -0.1) is 0 Å². The number of hydrogen-bond donors (Lipinski definition) is 1. The van der Waals surface area contributed by atoms with Gasteiger partial charge in [0.05, 0.1) is 35.1 Å². The maximum Gasteiger partial charge on any atom is 0.509 e. The molecule has 1 saturated carbocycles. The van der Waals surface area contributed by atoms with Crippen molar-refractivity contribution in [1.29, 1.82) is 0 Å². The third kappa shape index (κ3) is 4.89. The van der Waals surface area contributed by atoms with Gasteiger partial charge in [-0.25, -0.2) is 20.0 Å². The minimum absolute atomic E-state index is 0.126. The second kappa shape index (κ2) is 10.4. The van der Waals surface area contributed by atoms with E-state index in [1.807, 2.05) is 59.2 Å². The Hall–Kier alpha value is -4.99. The molecular formula is C32H28N4O6. The second-order valence-corrected chi connectivity index (χ2v) is 10.9. The molecule has 3 heterocycles. The highest BCUT2D eigenvalue weighted by Gasteiger charge is 2.48. The molecule has 0 radical (unpaired) electrons. The number of esters is 1. The molecule has 10 heteroatoms. The van der Waals surface area contributed by atoms with Crippen molar-refractivity contribution in [3.8, 4) is 11.1 Å². The molecule has 1 N–H and O–H groups in total. The maximum absolute atomic E-state index is 13.6. The Morgan fingerprint density at radius 2 is 1.88 bits per heavy atom. The molecule has 1 aliphatic carbocycles. The van der Waals surface area contributed by atoms with E-state index in [0.717, 1.165) is 35.1 Å². The summed E-state index contributed by atoms with van der Waals surface area (Å²) in [5, 5.41) is 4.28. The first-order chi connectivity index (χ1) is 20.4. The third-order valence-electron chi connectivity index (χ3n) is 7.96. The van der Waals surface area contributed by atoms with Gasteiger partial charge in [0.2, 0.25) is 5.91 Å². The number of cyclic esters (lactones) is 2. The molecule has 3 unspecified atom stereocenters. The van der Waals surface area contributed by atoms with E-state index in [4.69, 9.17) is 14.2 Å². The molecule has 10 nitrogen and oxygen atoms in total. The number of hydrogen-bond acceptors (Lipinski definition) is 8. The zero-order valence-electron chi connectivity index (χ0n) is 22.9. The Morgan fingerprint density at radius 3 is 2.60 bits per heavy atom. The highest BCUT2D eigenvalue weighted by atomic mass is 16.8. The smallest absolute Gasteiger partial charge is 0.454 e. The predicted octanol–water partition coefficient (Wildman–Crippen LogP) is 4.83. The summed E-state index contributed by atoms with van der Waals surface area (Å²) in [4.78, 5) is 41.9. The monoisotopic (exact) mass is 564 g/mol. The Balaban J connectivity index is 1.21. The molecule has 3 aromatic carbocycles. The number of aromatic nitrogens is 2. The number of rotatable bonds is 8. The lowest BCUT2D eigenvalue weighted by Gasteiger charge is -2.23. The van der Waals surface area contributed by atoms with Crippen LogP contribution in [0.4, 0.5) is 4.79 Å². The fraction of sp³-hybridized carbons (Fsp3) is 0.281. The summed E-state index contributed by atoms with van der Waals surface area (Å²) in [6.45, 7) is 2.17. The molecule has 0 bridgehead atoms. The van der Waals surface area contributed by atoms with Crippen LogP contribution in [0.15, 0.2) is 78.2 Å². The van der Waals surface area contributed by atoms with Crippen LogP contribution < -0.4 is 5.43 Å². The topological polar surface area (TPSA) is 121 Å². The standard InChI is InChI=1S/C32H28N4O6/c1-18-29(42-32(39)40-18)30(21-11-12-21)41-31(38)23-8-5-9-25-28(23)36(17-33-25)16-19-10-13-22(20-6-3-2-4-7-20)24(14-19)26-15-27(37)35-34-26/h2-10,13-14,17-18,21,29-30H,11-12,15-16H2,1H3,(H,35,37). The summed E-state index contributed by atoms with van der Waals surface area (Å²) in [5.41, 5.74) is 8.75. The predicted molar refractivity (Wildman–Crippen MR) is 153 cm³/mol. The van der Waals surface area contributed by atoms with Crippen LogP contribution >= 0.6 is 0 Å². The minimum Gasteiger partial charge on any atom is -0.454 e. The van der Waals surface area contributed by atoms with Crippen LogP contribution in [-0.4, -0.2) is 51.6 Å². The summed E-state index contributed by atoms with van der Waals surface area (Å²) in [6.07, 6.45) is 1.24. The molecule has 1 aromatic heterocycles. The van der Waals surface area contributed by atoms with Crippen LogP contribution in [0.5, 0.6) is 0 Å². The molecule has 3 aliphatic rings. The van der Waals surface area contributed by atoms with E-state index in [1.165, 1.54) is 0 Å². The van der Waals surface area contributed by atoms with E-state index in [2.05, 4.69) is 15.5 Å². The van der Waals surface area contributed by atoms with Gasteiger partial charge >= 0.3 is 12.1 Å². The van der Waals surface area contributed by atoms with Crippen LogP contribution in [0, 0.1) is 5.92 Å². The van der Waals surface area contributed by atoms with Crippen molar-refractivity contribution in [2.75, 3.05) is 0 Å². The number of benzene rings is 3. The quantitative estimate of drug-likeness (QED) is 0.304. The normalized spacial score (nSPS) is 20.5. The number of nitrogens with zero attached hydrogens (tertiary/aromatic N) is 3. The summed E-state index contributed by atoms with van der Waals surface area (Å²) in [7, 11) is 0. The van der Waals surface area contributed by atoms with Crippen LogP contribution in [0.1, 0.15) is 47.7 Å². The van der Waals surface area contributed by atoms with Gasteiger partial charge in [-0.3, -0.25) is 4.79 Å². The first-order valence-corrected chi connectivity index (χ1v) is 14.0. The molecule has 3 atom stereocenters. The number of nitrogens with one attached hydrogen (secondary N) is 1. The van der Waals surface area contributed by atoms with Crippen molar-refractivity contribution in [3.63, 3.8) is 0 Å². The number of carbonyl (C=O) groups excluding carboxylic acids is 3. The number of para-hydroxylation sites is 1. The van der Waals surface area contributed by atoms with Gasteiger partial charge in [0.15, 0.2) is 6.10 Å². The number of carbonyl (C=O) groups is 3. The Labute approximate surface area is 241 Å². The zero-order valence-corrected chi connectivity index (χ0v) is 22.9. The molecule has 42 heavy (non-hydrogen) atoms. The summed E-state index contributed by atoms with van der Waals surface area (Å²) < 4.78 is 18.4. The molecule has 2 aliphatic heterocycles. The molecule has 0 spiro atoms. The molecule has 212 valence electrons. The van der Waals surface area contributed by atoms with Gasteiger partial charge < -0.3 is 18.8 Å². The summed E-state index contributed by atoms with van der Waals surface area (Å²) >= 11 is 0. The van der Waals surface area contributed by atoms with E-state index in [9.17, 15) is 14.4 Å². The lowest BCUT2D eigenvalue weighted by atomic mass is 9.93. The van der Waals surface area contributed by atoms with Gasteiger partial charge in [-0.1, -0.05) is 48.5 Å². The first-order valence-electron chi connectivity index (χ1n) is 14.0. The average molecular weight is 565 g/mol. The average Bonchev–Trinajstić information content (AvgIpc) is 3.48. The lowest BCUT2D eigenvalue weighted by Crippen LogP contribution is -2.39. The highest BCUT2D eigenvalue weighted by molar-refractivity contribution is 6.16. The molecular weight excluding hydrogens is 536 g/mol. The fourth-order valence-corrected chi connectivity index (χ4v) is 5.75. The number of hydrazone groups is 1. The number of amides is 1. The zero-order chi connectivity index (χ0) is 28.8. The number of imidazole rings is 1. The SMILES string of the molecule is CC1OC(=O)OC1C(OC(=O)c1cccc2ncn(Cc3ccc(-c4ccccc4)c(C4=NNC(=O)C4)c3)c12)C1CC1. The van der Waals surface area contributed by atoms with Crippen molar-refractivity contribution in [2.24, 2.45) is 11.0 Å². The summed E-state index contributed by atoms with van der Waals surface area (Å²) in [6, 6.07) is 21.4. The van der Waals surface area contributed by atoms with Crippen LogP contribution in [0.2, 0.25) is 0 Å². The van der Waals surface area contributed by atoms with Crippen LogP contribution in [0.25, 0.3) is 22.2 Å². The van der Waals surface area contributed by atoms with Gasteiger partial charge in [-0.05, 0) is 60.6 Å². The highest BCUT2D eigenvalue weighted by Crippen LogP contribution is 2.40. The molecule has 2 fully saturated rings. The maximum atomic E-state index is 13.6. The molecule has 1 saturated heterocycles. The Morgan fingerprint density at radius 1 is 1.05 bits per heavy atom. The summed E-state index contributed by atoms with van der Waals surface area (Å²) in [5.74, 6) is -0.517. The molecule has 7 rings (SSSR count). The minimum atomic E-state index is -0.740. The Kier molecular flexibility index (Phi) is 6.45. The van der Waals surface area contributed by atoms with E-state index in [0.29, 0.717) is 28.9 Å². The van der Waals surface area contributed by atoms with Crippen LogP contribution in [0.3, 0.4) is 0 Å². The third-order valence-corrected chi connectivity index (χ3v) is 7.96. The van der Waals surface area contributed by atoms with E-state index >= 15 is 0 Å². The second-order valence-electron chi connectivity index (χ2n) is 10.9.